The van der Waals surface area contributed by atoms with Crippen LogP contribution in [-0.2, 0) is 4.79 Å². The van der Waals surface area contributed by atoms with E-state index in [1.807, 2.05) is 28.7 Å². The number of rotatable bonds is 2. The van der Waals surface area contributed by atoms with Crippen LogP contribution in [0.3, 0.4) is 0 Å². The Morgan fingerprint density at radius 2 is 2.53 bits per heavy atom. The zero-order valence-corrected chi connectivity index (χ0v) is 9.67. The number of carbonyl (C=O) groups is 1. The molecule has 1 unspecified atom stereocenters. The highest BCUT2D eigenvalue weighted by Gasteiger charge is 2.27. The molecule has 0 radical (unpaired) electrons. The van der Waals surface area contributed by atoms with E-state index in [0.717, 1.165) is 18.5 Å². The molecule has 1 aromatic heterocycles. The van der Waals surface area contributed by atoms with Crippen molar-refractivity contribution < 1.29 is 4.79 Å². The fourth-order valence-corrected chi connectivity index (χ4v) is 2.68. The number of hydrogen-bond donors (Lipinski definition) is 1. The molecule has 1 fully saturated rings. The third-order valence-electron chi connectivity index (χ3n) is 2.95. The quantitative estimate of drug-likeness (QED) is 0.825. The number of amides is 1. The Morgan fingerprint density at radius 1 is 1.73 bits per heavy atom. The molecule has 1 amide bonds. The van der Waals surface area contributed by atoms with Crippen molar-refractivity contribution in [2.75, 3.05) is 13.1 Å². The van der Waals surface area contributed by atoms with Crippen LogP contribution < -0.4 is 5.73 Å². The van der Waals surface area contributed by atoms with Gasteiger partial charge in [-0.1, -0.05) is 0 Å². The van der Waals surface area contributed by atoms with Crippen LogP contribution in [0.2, 0.25) is 0 Å². The molecule has 4 heteroatoms. The van der Waals surface area contributed by atoms with Crippen molar-refractivity contribution >= 4 is 17.2 Å². The first kappa shape index (κ1) is 10.6. The zero-order valence-electron chi connectivity index (χ0n) is 8.85. The molecule has 0 aliphatic carbocycles. The lowest BCUT2D eigenvalue weighted by Crippen LogP contribution is -2.34. The van der Waals surface area contributed by atoms with E-state index in [2.05, 4.69) is 0 Å². The summed E-state index contributed by atoms with van der Waals surface area (Å²) in [6, 6.07) is 2.19. The molecule has 1 aliphatic heterocycles. The maximum atomic E-state index is 12.1. The van der Waals surface area contributed by atoms with Gasteiger partial charge in [-0.05, 0) is 35.7 Å². The Bertz CT molecular complexity index is 336. The summed E-state index contributed by atoms with van der Waals surface area (Å²) in [6.45, 7) is 3.50. The standard InChI is InChI=1S/C11H16N2OS/c1-8(9-3-5-15-7-9)11(14)13-4-2-10(12)6-13/h3,5,7-8,10H,2,4,6,12H2,1H3/t8?,10-/m1/s1. The van der Waals surface area contributed by atoms with Gasteiger partial charge in [0.25, 0.3) is 0 Å². The van der Waals surface area contributed by atoms with Gasteiger partial charge in [-0.25, -0.2) is 0 Å². The molecule has 1 aromatic rings. The summed E-state index contributed by atoms with van der Waals surface area (Å²) in [5.41, 5.74) is 6.91. The second-order valence-electron chi connectivity index (χ2n) is 4.11. The number of nitrogens with zero attached hydrogens (tertiary/aromatic N) is 1. The van der Waals surface area contributed by atoms with Crippen molar-refractivity contribution in [3.05, 3.63) is 22.4 Å². The predicted molar refractivity (Wildman–Crippen MR) is 61.9 cm³/mol. The number of nitrogens with two attached hydrogens (primary N) is 1. The molecule has 2 N–H and O–H groups in total. The molecule has 0 bridgehead atoms. The van der Waals surface area contributed by atoms with Gasteiger partial charge < -0.3 is 10.6 Å². The second kappa shape index (κ2) is 4.33. The van der Waals surface area contributed by atoms with E-state index in [1.165, 1.54) is 0 Å². The van der Waals surface area contributed by atoms with Gasteiger partial charge in [-0.15, -0.1) is 0 Å². The summed E-state index contributed by atoms with van der Waals surface area (Å²) >= 11 is 1.63. The zero-order chi connectivity index (χ0) is 10.8. The highest BCUT2D eigenvalue weighted by Crippen LogP contribution is 2.22. The van der Waals surface area contributed by atoms with Crippen LogP contribution in [0, 0.1) is 0 Å². The second-order valence-corrected chi connectivity index (χ2v) is 4.89. The fourth-order valence-electron chi connectivity index (χ4n) is 1.93. The van der Waals surface area contributed by atoms with Gasteiger partial charge >= 0.3 is 0 Å². The maximum absolute atomic E-state index is 12.1. The summed E-state index contributed by atoms with van der Waals surface area (Å²) in [6.07, 6.45) is 0.933. The Balaban J connectivity index is 2.02. The van der Waals surface area contributed by atoms with E-state index < -0.39 is 0 Å². The maximum Gasteiger partial charge on any atom is 0.229 e. The Hall–Kier alpha value is -0.870. The molecule has 15 heavy (non-hydrogen) atoms. The Labute approximate surface area is 93.9 Å². The summed E-state index contributed by atoms with van der Waals surface area (Å²) in [4.78, 5) is 13.9. The fraction of sp³-hybridized carbons (Fsp3) is 0.545. The van der Waals surface area contributed by atoms with E-state index in [4.69, 9.17) is 5.73 Å². The molecule has 82 valence electrons. The SMILES string of the molecule is CC(C(=O)N1CC[C@@H](N)C1)c1ccsc1. The van der Waals surface area contributed by atoms with Crippen molar-refractivity contribution in [3.63, 3.8) is 0 Å². The molecular weight excluding hydrogens is 208 g/mol. The van der Waals surface area contributed by atoms with Gasteiger partial charge in [0.15, 0.2) is 0 Å². The Morgan fingerprint density at radius 3 is 3.07 bits per heavy atom. The molecule has 1 saturated heterocycles. The molecule has 0 saturated carbocycles. The van der Waals surface area contributed by atoms with E-state index in [-0.39, 0.29) is 17.9 Å². The smallest absolute Gasteiger partial charge is 0.229 e. The average molecular weight is 224 g/mol. The lowest BCUT2D eigenvalue weighted by molar-refractivity contribution is -0.131. The van der Waals surface area contributed by atoms with Crippen LogP contribution in [0.15, 0.2) is 16.8 Å². The minimum absolute atomic E-state index is 0.0263. The molecular formula is C11H16N2OS. The van der Waals surface area contributed by atoms with Crippen molar-refractivity contribution in [2.45, 2.75) is 25.3 Å². The van der Waals surface area contributed by atoms with E-state index in [9.17, 15) is 4.79 Å². The average Bonchev–Trinajstić information content (AvgIpc) is 2.85. The van der Waals surface area contributed by atoms with Crippen molar-refractivity contribution in [1.29, 1.82) is 0 Å². The number of likely N-dealkylation sites (tertiary alicyclic amines) is 1. The van der Waals surface area contributed by atoms with Crippen LogP contribution in [0.5, 0.6) is 0 Å². The van der Waals surface area contributed by atoms with Crippen molar-refractivity contribution in [1.82, 2.24) is 4.90 Å². The van der Waals surface area contributed by atoms with Gasteiger partial charge in [-0.2, -0.15) is 11.3 Å². The van der Waals surface area contributed by atoms with Gasteiger partial charge in [0.2, 0.25) is 5.91 Å². The van der Waals surface area contributed by atoms with Gasteiger partial charge in [0, 0.05) is 19.1 Å². The first-order chi connectivity index (χ1) is 7.18. The topological polar surface area (TPSA) is 46.3 Å². The lowest BCUT2D eigenvalue weighted by Gasteiger charge is -2.20. The van der Waals surface area contributed by atoms with Gasteiger partial charge in [0.05, 0.1) is 5.92 Å². The van der Waals surface area contributed by atoms with Gasteiger partial charge in [-0.3, -0.25) is 4.79 Å². The minimum Gasteiger partial charge on any atom is -0.341 e. The summed E-state index contributed by atoms with van der Waals surface area (Å²) in [5, 5.41) is 4.05. The molecule has 1 aliphatic rings. The predicted octanol–water partition coefficient (Wildman–Crippen LogP) is 1.41. The monoisotopic (exact) mass is 224 g/mol. The lowest BCUT2D eigenvalue weighted by atomic mass is 10.0. The van der Waals surface area contributed by atoms with E-state index in [1.54, 1.807) is 11.3 Å². The molecule has 2 rings (SSSR count). The highest BCUT2D eigenvalue weighted by molar-refractivity contribution is 7.08. The molecule has 3 nitrogen and oxygen atoms in total. The van der Waals surface area contributed by atoms with Crippen LogP contribution in [0.4, 0.5) is 0 Å². The number of thiophene rings is 1. The molecule has 0 spiro atoms. The van der Waals surface area contributed by atoms with Crippen LogP contribution in [0.1, 0.15) is 24.8 Å². The number of hydrogen-bond acceptors (Lipinski definition) is 3. The first-order valence-electron chi connectivity index (χ1n) is 5.25. The highest BCUT2D eigenvalue weighted by atomic mass is 32.1. The van der Waals surface area contributed by atoms with Crippen LogP contribution >= 0.6 is 11.3 Å². The summed E-state index contributed by atoms with van der Waals surface area (Å²) < 4.78 is 0. The minimum atomic E-state index is -0.0263. The largest absolute Gasteiger partial charge is 0.341 e. The van der Waals surface area contributed by atoms with Crippen molar-refractivity contribution in [3.8, 4) is 0 Å². The molecule has 2 atom stereocenters. The third kappa shape index (κ3) is 2.21. The third-order valence-corrected chi connectivity index (χ3v) is 3.65. The Kier molecular flexibility index (Phi) is 3.07. The van der Waals surface area contributed by atoms with Crippen LogP contribution in [-0.4, -0.2) is 29.9 Å². The number of carbonyl (C=O) groups excluding carboxylic acids is 1. The van der Waals surface area contributed by atoms with E-state index in [0.29, 0.717) is 6.54 Å². The van der Waals surface area contributed by atoms with Crippen LogP contribution in [0.25, 0.3) is 0 Å². The van der Waals surface area contributed by atoms with Gasteiger partial charge in [0.1, 0.15) is 0 Å². The molecule has 2 heterocycles. The molecule has 0 aromatic carbocycles. The summed E-state index contributed by atoms with van der Waals surface area (Å²) in [5.74, 6) is 0.183. The first-order valence-corrected chi connectivity index (χ1v) is 6.19. The normalized spacial score (nSPS) is 23.1. The summed E-state index contributed by atoms with van der Waals surface area (Å²) in [7, 11) is 0. The van der Waals surface area contributed by atoms with Crippen molar-refractivity contribution in [2.24, 2.45) is 5.73 Å². The van der Waals surface area contributed by atoms with E-state index >= 15 is 0 Å².